The van der Waals surface area contributed by atoms with E-state index in [9.17, 15) is 4.79 Å². The highest BCUT2D eigenvalue weighted by Crippen LogP contribution is 2.21. The van der Waals surface area contributed by atoms with Crippen LogP contribution in [-0.4, -0.2) is 35.1 Å². The van der Waals surface area contributed by atoms with Gasteiger partial charge < -0.3 is 15.2 Å². The second kappa shape index (κ2) is 5.82. The van der Waals surface area contributed by atoms with Crippen molar-refractivity contribution in [2.75, 3.05) is 19.6 Å². The standard InChI is InChI=1S/C12H20N4O/c1-2-4-15-12(17)8-16-9-14-7-11(16)10-3-5-13-6-10/h7,9-10,13H,2-6,8H2,1H3,(H,15,17). The summed E-state index contributed by atoms with van der Waals surface area (Å²) in [6, 6.07) is 0. The van der Waals surface area contributed by atoms with Gasteiger partial charge in [-0.25, -0.2) is 4.98 Å². The van der Waals surface area contributed by atoms with Crippen LogP contribution < -0.4 is 10.6 Å². The summed E-state index contributed by atoms with van der Waals surface area (Å²) in [5.74, 6) is 0.563. The van der Waals surface area contributed by atoms with Crippen LogP contribution in [0.5, 0.6) is 0 Å². The smallest absolute Gasteiger partial charge is 0.239 e. The van der Waals surface area contributed by atoms with E-state index in [1.54, 1.807) is 6.33 Å². The van der Waals surface area contributed by atoms with Crippen LogP contribution in [-0.2, 0) is 11.3 Å². The molecule has 2 rings (SSSR count). The first kappa shape index (κ1) is 12.1. The first-order chi connectivity index (χ1) is 8.31. The SMILES string of the molecule is CCCNC(=O)Cn1cncc1C1CCNC1. The Hall–Kier alpha value is -1.36. The van der Waals surface area contributed by atoms with Crippen LogP contribution in [0.25, 0.3) is 0 Å². The minimum Gasteiger partial charge on any atom is -0.355 e. The molecule has 0 bridgehead atoms. The fourth-order valence-electron chi connectivity index (χ4n) is 2.19. The molecule has 5 nitrogen and oxygen atoms in total. The summed E-state index contributed by atoms with van der Waals surface area (Å²) in [6.45, 7) is 5.22. The first-order valence-corrected chi connectivity index (χ1v) is 6.28. The van der Waals surface area contributed by atoms with Crippen LogP contribution in [0.2, 0.25) is 0 Å². The van der Waals surface area contributed by atoms with Crippen LogP contribution in [0, 0.1) is 0 Å². The quantitative estimate of drug-likeness (QED) is 0.782. The average molecular weight is 236 g/mol. The second-order valence-corrected chi connectivity index (χ2v) is 4.49. The molecule has 1 fully saturated rings. The van der Waals surface area contributed by atoms with Crippen molar-refractivity contribution >= 4 is 5.91 Å². The Kier molecular flexibility index (Phi) is 4.14. The van der Waals surface area contributed by atoms with E-state index in [4.69, 9.17) is 0 Å². The van der Waals surface area contributed by atoms with Crippen molar-refractivity contribution in [2.24, 2.45) is 0 Å². The molecule has 1 unspecified atom stereocenters. The summed E-state index contributed by atoms with van der Waals surface area (Å²) in [5, 5.41) is 6.22. The predicted octanol–water partition coefficient (Wildman–Crippen LogP) is 0.486. The minimum atomic E-state index is 0.0667. The third-order valence-corrected chi connectivity index (χ3v) is 3.11. The van der Waals surface area contributed by atoms with Gasteiger partial charge in [0.15, 0.2) is 0 Å². The fourth-order valence-corrected chi connectivity index (χ4v) is 2.19. The van der Waals surface area contributed by atoms with E-state index in [0.717, 1.165) is 32.5 Å². The molecule has 1 aromatic heterocycles. The van der Waals surface area contributed by atoms with Crippen molar-refractivity contribution in [2.45, 2.75) is 32.2 Å². The van der Waals surface area contributed by atoms with Crippen molar-refractivity contribution in [1.29, 1.82) is 0 Å². The molecule has 2 N–H and O–H groups in total. The molecule has 5 heteroatoms. The summed E-state index contributed by atoms with van der Waals surface area (Å²) in [4.78, 5) is 15.8. The van der Waals surface area contributed by atoms with Crippen molar-refractivity contribution in [1.82, 2.24) is 20.2 Å². The number of nitrogens with zero attached hydrogens (tertiary/aromatic N) is 2. The number of rotatable bonds is 5. The molecular weight excluding hydrogens is 216 g/mol. The number of nitrogens with one attached hydrogen (secondary N) is 2. The van der Waals surface area contributed by atoms with Gasteiger partial charge in [-0.2, -0.15) is 0 Å². The summed E-state index contributed by atoms with van der Waals surface area (Å²) in [5.41, 5.74) is 1.17. The zero-order valence-corrected chi connectivity index (χ0v) is 10.3. The zero-order chi connectivity index (χ0) is 12.1. The molecule has 17 heavy (non-hydrogen) atoms. The van der Waals surface area contributed by atoms with E-state index in [-0.39, 0.29) is 5.91 Å². The molecule has 1 aromatic rings. The lowest BCUT2D eigenvalue weighted by molar-refractivity contribution is -0.121. The Morgan fingerprint density at radius 3 is 3.29 bits per heavy atom. The molecule has 1 aliphatic rings. The highest BCUT2D eigenvalue weighted by atomic mass is 16.1. The molecule has 0 saturated carbocycles. The summed E-state index contributed by atoms with van der Waals surface area (Å²) in [6.07, 6.45) is 5.72. The lowest BCUT2D eigenvalue weighted by atomic mass is 10.1. The number of hydrogen-bond donors (Lipinski definition) is 2. The van der Waals surface area contributed by atoms with Gasteiger partial charge in [0.1, 0.15) is 6.54 Å². The predicted molar refractivity (Wildman–Crippen MR) is 65.8 cm³/mol. The number of carbonyl (C=O) groups is 1. The minimum absolute atomic E-state index is 0.0667. The Balaban J connectivity index is 1.96. The van der Waals surface area contributed by atoms with E-state index in [0.29, 0.717) is 12.5 Å². The van der Waals surface area contributed by atoms with Gasteiger partial charge in [-0.15, -0.1) is 0 Å². The van der Waals surface area contributed by atoms with Crippen molar-refractivity contribution < 1.29 is 4.79 Å². The van der Waals surface area contributed by atoms with Crippen molar-refractivity contribution in [3.8, 4) is 0 Å². The van der Waals surface area contributed by atoms with Crippen LogP contribution in [0.1, 0.15) is 31.4 Å². The van der Waals surface area contributed by atoms with Crippen molar-refractivity contribution in [3.05, 3.63) is 18.2 Å². The first-order valence-electron chi connectivity index (χ1n) is 6.28. The van der Waals surface area contributed by atoms with Gasteiger partial charge in [0.2, 0.25) is 5.91 Å². The molecule has 1 amide bonds. The molecular formula is C12H20N4O. The summed E-state index contributed by atoms with van der Waals surface area (Å²) < 4.78 is 1.96. The molecule has 0 spiro atoms. The van der Waals surface area contributed by atoms with Crippen LogP contribution in [0.3, 0.4) is 0 Å². The van der Waals surface area contributed by atoms with Gasteiger partial charge >= 0.3 is 0 Å². The molecule has 1 aliphatic heterocycles. The highest BCUT2D eigenvalue weighted by molar-refractivity contribution is 5.75. The Morgan fingerprint density at radius 1 is 1.71 bits per heavy atom. The maximum absolute atomic E-state index is 11.7. The molecule has 1 atom stereocenters. The molecule has 0 radical (unpaired) electrons. The molecule has 94 valence electrons. The number of aromatic nitrogens is 2. The van der Waals surface area contributed by atoms with E-state index in [1.807, 2.05) is 17.7 Å². The third-order valence-electron chi connectivity index (χ3n) is 3.11. The number of amides is 1. The Morgan fingerprint density at radius 2 is 2.59 bits per heavy atom. The lowest BCUT2D eigenvalue weighted by Gasteiger charge is -2.12. The number of carbonyl (C=O) groups excluding carboxylic acids is 1. The lowest BCUT2D eigenvalue weighted by Crippen LogP contribution is -2.28. The van der Waals surface area contributed by atoms with Gasteiger partial charge in [-0.1, -0.05) is 6.92 Å². The highest BCUT2D eigenvalue weighted by Gasteiger charge is 2.20. The fraction of sp³-hybridized carbons (Fsp3) is 0.667. The molecule has 2 heterocycles. The van der Waals surface area contributed by atoms with E-state index < -0.39 is 0 Å². The van der Waals surface area contributed by atoms with Crippen LogP contribution in [0.15, 0.2) is 12.5 Å². The maximum atomic E-state index is 11.7. The van der Waals surface area contributed by atoms with E-state index >= 15 is 0 Å². The van der Waals surface area contributed by atoms with Crippen molar-refractivity contribution in [3.63, 3.8) is 0 Å². The molecule has 1 saturated heterocycles. The monoisotopic (exact) mass is 236 g/mol. The Bertz CT molecular complexity index is 368. The van der Waals surface area contributed by atoms with Gasteiger partial charge in [-0.05, 0) is 19.4 Å². The second-order valence-electron chi connectivity index (χ2n) is 4.49. The molecule has 0 aromatic carbocycles. The van der Waals surface area contributed by atoms with Crippen LogP contribution in [0.4, 0.5) is 0 Å². The average Bonchev–Trinajstić information content (AvgIpc) is 2.95. The Labute approximate surface area is 102 Å². The van der Waals surface area contributed by atoms with E-state index in [1.165, 1.54) is 5.69 Å². The topological polar surface area (TPSA) is 59.0 Å². The summed E-state index contributed by atoms with van der Waals surface area (Å²) in [7, 11) is 0. The van der Waals surface area contributed by atoms with Crippen LogP contribution >= 0.6 is 0 Å². The summed E-state index contributed by atoms with van der Waals surface area (Å²) >= 11 is 0. The largest absolute Gasteiger partial charge is 0.355 e. The normalized spacial score (nSPS) is 19.5. The van der Waals surface area contributed by atoms with Gasteiger partial charge in [-0.3, -0.25) is 4.79 Å². The van der Waals surface area contributed by atoms with Gasteiger partial charge in [0, 0.05) is 30.9 Å². The van der Waals surface area contributed by atoms with E-state index in [2.05, 4.69) is 15.6 Å². The maximum Gasteiger partial charge on any atom is 0.239 e. The van der Waals surface area contributed by atoms with Gasteiger partial charge in [0.05, 0.1) is 6.33 Å². The zero-order valence-electron chi connectivity index (χ0n) is 10.3. The number of hydrogen-bond acceptors (Lipinski definition) is 3. The van der Waals surface area contributed by atoms with Gasteiger partial charge in [0.25, 0.3) is 0 Å². The third kappa shape index (κ3) is 3.06. The number of imidazole rings is 1. The molecule has 0 aliphatic carbocycles.